The van der Waals surface area contributed by atoms with E-state index in [1.54, 1.807) is 0 Å². The molecule has 0 radical (unpaired) electrons. The molecule has 25 heavy (non-hydrogen) atoms. The zero-order valence-electron chi connectivity index (χ0n) is 13.1. The number of amides is 2. The van der Waals surface area contributed by atoms with Crippen LogP contribution in [-0.4, -0.2) is 47.5 Å². The van der Waals surface area contributed by atoms with Gasteiger partial charge in [-0.15, -0.1) is 0 Å². The Labute approximate surface area is 141 Å². The molecule has 2 amide bonds. The van der Waals surface area contributed by atoms with Crippen LogP contribution >= 0.6 is 0 Å². The van der Waals surface area contributed by atoms with Crippen molar-refractivity contribution in [1.29, 1.82) is 0 Å². The number of ether oxygens (including phenoxy) is 1. The van der Waals surface area contributed by atoms with Crippen LogP contribution in [0.1, 0.15) is 23.2 Å². The molecule has 1 aliphatic heterocycles. The van der Waals surface area contributed by atoms with Crippen LogP contribution in [0.3, 0.4) is 0 Å². The predicted molar refractivity (Wildman–Crippen MR) is 84.5 cm³/mol. The number of nitro benzene ring substituents is 2. The standard InChI is InChI=1S/C14H16N4O7/c19-13(8-16-14(20)15-7-12-2-1-3-25-12)9-4-10(17(21)22)6-11(5-9)18(23)24/h4-6,12H,1-3,7-8H2,(H2,15,16,20). The molecule has 0 aromatic heterocycles. The third-order valence-corrected chi connectivity index (χ3v) is 3.57. The fraction of sp³-hybridized carbons (Fsp3) is 0.429. The number of Topliss-reactive ketones (excluding diaryl/α,β-unsaturated/α-hetero) is 1. The molecule has 1 heterocycles. The van der Waals surface area contributed by atoms with Gasteiger partial charge in [-0.2, -0.15) is 0 Å². The first kappa shape index (κ1) is 18.3. The fourth-order valence-corrected chi connectivity index (χ4v) is 2.30. The van der Waals surface area contributed by atoms with E-state index in [9.17, 15) is 29.8 Å². The number of nitrogens with zero attached hydrogens (tertiary/aromatic N) is 2. The third kappa shape index (κ3) is 5.21. The van der Waals surface area contributed by atoms with Gasteiger partial charge in [-0.05, 0) is 12.8 Å². The molecule has 2 rings (SSSR count). The van der Waals surface area contributed by atoms with Crippen LogP contribution in [0.2, 0.25) is 0 Å². The molecule has 11 heteroatoms. The topological polar surface area (TPSA) is 154 Å². The summed E-state index contributed by atoms with van der Waals surface area (Å²) in [7, 11) is 0. The van der Waals surface area contributed by atoms with E-state index >= 15 is 0 Å². The van der Waals surface area contributed by atoms with E-state index < -0.39 is 39.6 Å². The van der Waals surface area contributed by atoms with E-state index in [1.165, 1.54) is 0 Å². The lowest BCUT2D eigenvalue weighted by atomic mass is 10.1. The van der Waals surface area contributed by atoms with Crippen LogP contribution in [0.4, 0.5) is 16.2 Å². The molecule has 1 saturated heterocycles. The molecular formula is C14H16N4O7. The second-order valence-corrected chi connectivity index (χ2v) is 5.37. The van der Waals surface area contributed by atoms with E-state index in [-0.39, 0.29) is 11.7 Å². The van der Waals surface area contributed by atoms with Gasteiger partial charge in [-0.25, -0.2) is 4.79 Å². The normalized spacial score (nSPS) is 16.2. The summed E-state index contributed by atoms with van der Waals surface area (Å²) in [6.07, 6.45) is 1.72. The Bertz CT molecular complexity index is 668. The van der Waals surface area contributed by atoms with Crippen molar-refractivity contribution < 1.29 is 24.2 Å². The van der Waals surface area contributed by atoms with Crippen LogP contribution in [0.15, 0.2) is 18.2 Å². The van der Waals surface area contributed by atoms with Gasteiger partial charge in [0.15, 0.2) is 5.78 Å². The quantitative estimate of drug-likeness (QED) is 0.424. The molecule has 0 bridgehead atoms. The maximum Gasteiger partial charge on any atom is 0.315 e. The summed E-state index contributed by atoms with van der Waals surface area (Å²) in [4.78, 5) is 43.6. The van der Waals surface area contributed by atoms with Crippen LogP contribution < -0.4 is 10.6 Å². The number of rotatable bonds is 7. The van der Waals surface area contributed by atoms with Crippen molar-refractivity contribution in [2.75, 3.05) is 19.7 Å². The Morgan fingerprint density at radius 2 is 1.76 bits per heavy atom. The molecule has 0 saturated carbocycles. The SMILES string of the molecule is O=C(NCC(=O)c1cc([N+](=O)[O-])cc([N+](=O)[O-])c1)NCC1CCCO1. The van der Waals surface area contributed by atoms with E-state index in [1.807, 2.05) is 0 Å². The summed E-state index contributed by atoms with van der Waals surface area (Å²) in [6.45, 7) is 0.510. The zero-order valence-corrected chi connectivity index (χ0v) is 13.1. The number of urea groups is 1. The van der Waals surface area contributed by atoms with Crippen molar-refractivity contribution >= 4 is 23.2 Å². The molecule has 1 aromatic rings. The number of nitrogens with one attached hydrogen (secondary N) is 2. The van der Waals surface area contributed by atoms with Crippen LogP contribution in [-0.2, 0) is 4.74 Å². The first-order chi connectivity index (χ1) is 11.9. The molecule has 11 nitrogen and oxygen atoms in total. The second kappa shape index (κ2) is 8.15. The van der Waals surface area contributed by atoms with Gasteiger partial charge >= 0.3 is 6.03 Å². The first-order valence-electron chi connectivity index (χ1n) is 7.47. The van der Waals surface area contributed by atoms with Gasteiger partial charge in [0, 0.05) is 30.8 Å². The number of nitro groups is 2. The molecule has 0 spiro atoms. The van der Waals surface area contributed by atoms with Gasteiger partial charge in [0.05, 0.1) is 28.6 Å². The molecule has 134 valence electrons. The van der Waals surface area contributed by atoms with Crippen molar-refractivity contribution in [2.24, 2.45) is 0 Å². The molecule has 0 aliphatic carbocycles. The summed E-state index contributed by atoms with van der Waals surface area (Å²) < 4.78 is 5.33. The van der Waals surface area contributed by atoms with Gasteiger partial charge in [0.2, 0.25) is 0 Å². The summed E-state index contributed by atoms with van der Waals surface area (Å²) >= 11 is 0. The number of hydrogen-bond acceptors (Lipinski definition) is 7. The number of hydrogen-bond donors (Lipinski definition) is 2. The number of carbonyl (C=O) groups excluding carboxylic acids is 2. The summed E-state index contributed by atoms with van der Waals surface area (Å²) in [5.41, 5.74) is -1.36. The van der Waals surface area contributed by atoms with Gasteiger partial charge in [0.25, 0.3) is 11.4 Å². The highest BCUT2D eigenvalue weighted by molar-refractivity contribution is 6.00. The van der Waals surface area contributed by atoms with Crippen molar-refractivity contribution in [1.82, 2.24) is 10.6 Å². The Hall–Kier alpha value is -3.08. The minimum Gasteiger partial charge on any atom is -0.376 e. The minimum atomic E-state index is -0.828. The van der Waals surface area contributed by atoms with Gasteiger partial charge in [-0.1, -0.05) is 0 Å². The highest BCUT2D eigenvalue weighted by atomic mass is 16.6. The van der Waals surface area contributed by atoms with Crippen LogP contribution in [0.5, 0.6) is 0 Å². The van der Waals surface area contributed by atoms with E-state index in [0.29, 0.717) is 13.2 Å². The van der Waals surface area contributed by atoms with Crippen molar-refractivity contribution in [2.45, 2.75) is 18.9 Å². The lowest BCUT2D eigenvalue weighted by molar-refractivity contribution is -0.394. The van der Waals surface area contributed by atoms with Crippen LogP contribution in [0.25, 0.3) is 0 Å². The van der Waals surface area contributed by atoms with Gasteiger partial charge < -0.3 is 15.4 Å². The van der Waals surface area contributed by atoms with Gasteiger partial charge in [-0.3, -0.25) is 25.0 Å². The maximum atomic E-state index is 12.0. The minimum absolute atomic E-state index is 0.0547. The molecule has 1 unspecified atom stereocenters. The Morgan fingerprint density at radius 1 is 1.12 bits per heavy atom. The average Bonchev–Trinajstić information content (AvgIpc) is 3.10. The third-order valence-electron chi connectivity index (χ3n) is 3.57. The smallest absolute Gasteiger partial charge is 0.315 e. The van der Waals surface area contributed by atoms with Crippen LogP contribution in [0, 0.1) is 20.2 Å². The second-order valence-electron chi connectivity index (χ2n) is 5.37. The van der Waals surface area contributed by atoms with Crippen molar-refractivity contribution in [3.05, 3.63) is 44.0 Å². The van der Waals surface area contributed by atoms with E-state index in [2.05, 4.69) is 10.6 Å². The van der Waals surface area contributed by atoms with E-state index in [0.717, 1.165) is 31.0 Å². The summed E-state index contributed by atoms with van der Waals surface area (Å²) in [6, 6.07) is 2.03. The molecule has 1 aliphatic rings. The monoisotopic (exact) mass is 352 g/mol. The maximum absolute atomic E-state index is 12.0. The lowest BCUT2D eigenvalue weighted by Gasteiger charge is -2.11. The predicted octanol–water partition coefficient (Wildman–Crippen LogP) is 1.16. The number of carbonyl (C=O) groups is 2. The number of ketones is 1. The molecular weight excluding hydrogens is 336 g/mol. The molecule has 1 atom stereocenters. The Balaban J connectivity index is 1.94. The lowest BCUT2D eigenvalue weighted by Crippen LogP contribution is -2.41. The zero-order chi connectivity index (χ0) is 18.4. The number of benzene rings is 1. The fourth-order valence-electron chi connectivity index (χ4n) is 2.30. The first-order valence-corrected chi connectivity index (χ1v) is 7.47. The summed E-state index contributed by atoms with van der Waals surface area (Å²) in [5.74, 6) is -0.681. The number of non-ortho nitro benzene ring substituents is 2. The molecule has 1 aromatic carbocycles. The van der Waals surface area contributed by atoms with E-state index in [4.69, 9.17) is 4.74 Å². The molecule has 2 N–H and O–H groups in total. The van der Waals surface area contributed by atoms with Crippen molar-refractivity contribution in [3.8, 4) is 0 Å². The average molecular weight is 352 g/mol. The highest BCUT2D eigenvalue weighted by Crippen LogP contribution is 2.22. The van der Waals surface area contributed by atoms with Gasteiger partial charge in [0.1, 0.15) is 0 Å². The summed E-state index contributed by atoms with van der Waals surface area (Å²) in [5, 5.41) is 26.5. The van der Waals surface area contributed by atoms with Crippen molar-refractivity contribution in [3.63, 3.8) is 0 Å². The molecule has 1 fully saturated rings. The highest BCUT2D eigenvalue weighted by Gasteiger charge is 2.20. The Kier molecular flexibility index (Phi) is 5.95. The largest absolute Gasteiger partial charge is 0.376 e. The Morgan fingerprint density at radius 3 is 2.28 bits per heavy atom.